The molecule has 0 bridgehead atoms. The van der Waals surface area contributed by atoms with Crippen molar-refractivity contribution in [2.24, 2.45) is 0 Å². The molecule has 0 aliphatic rings. The summed E-state index contributed by atoms with van der Waals surface area (Å²) in [5.74, 6) is -0.986. The molecule has 2 aromatic rings. The smallest absolute Gasteiger partial charge is 0.431 e. The summed E-state index contributed by atoms with van der Waals surface area (Å²) < 4.78 is 42.9. The molecule has 0 aliphatic carbocycles. The fraction of sp³-hybridized carbons (Fsp3) is 0.308. The second-order valence-electron chi connectivity index (χ2n) is 4.01. The van der Waals surface area contributed by atoms with Gasteiger partial charge in [-0.15, -0.1) is 0 Å². The van der Waals surface area contributed by atoms with E-state index in [0.29, 0.717) is 5.56 Å². The minimum absolute atomic E-state index is 0.0131. The molecule has 1 heterocycles. The molecule has 0 saturated carbocycles. The van der Waals surface area contributed by atoms with Crippen LogP contribution >= 0.6 is 0 Å². The second kappa shape index (κ2) is 4.48. The number of aromatic nitrogens is 1. The van der Waals surface area contributed by atoms with Gasteiger partial charge >= 0.3 is 6.18 Å². The molecule has 18 heavy (non-hydrogen) atoms. The normalized spacial score (nSPS) is 11.8. The maximum atomic E-state index is 12.7. The molecule has 0 radical (unpaired) electrons. The number of alkyl halides is 3. The molecule has 96 valence electrons. The van der Waals surface area contributed by atoms with Gasteiger partial charge in [0, 0.05) is 5.56 Å². The molecule has 0 amide bonds. The van der Waals surface area contributed by atoms with Gasteiger partial charge in [0.15, 0.2) is 0 Å². The van der Waals surface area contributed by atoms with Gasteiger partial charge in [0.25, 0.3) is 0 Å². The van der Waals surface area contributed by atoms with Gasteiger partial charge in [-0.25, -0.2) is 4.98 Å². The number of aryl methyl sites for hydroxylation is 2. The van der Waals surface area contributed by atoms with Crippen molar-refractivity contribution in [2.75, 3.05) is 0 Å². The van der Waals surface area contributed by atoms with Crippen molar-refractivity contribution in [3.05, 3.63) is 41.3 Å². The number of halogens is 3. The van der Waals surface area contributed by atoms with Gasteiger partial charge in [0.2, 0.25) is 11.7 Å². The van der Waals surface area contributed by atoms with Gasteiger partial charge in [0.1, 0.15) is 0 Å². The van der Waals surface area contributed by atoms with Crippen molar-refractivity contribution < 1.29 is 17.6 Å². The molecule has 5 heteroatoms. The third-order valence-corrected chi connectivity index (χ3v) is 2.59. The minimum atomic E-state index is -4.50. The summed E-state index contributed by atoms with van der Waals surface area (Å²) in [5.41, 5.74) is 1.51. The summed E-state index contributed by atoms with van der Waals surface area (Å²) in [7, 11) is 0. The Labute approximate surface area is 102 Å². The first-order valence-corrected chi connectivity index (χ1v) is 5.55. The Morgan fingerprint density at radius 1 is 1.17 bits per heavy atom. The highest BCUT2D eigenvalue weighted by atomic mass is 19.4. The minimum Gasteiger partial charge on any atom is -0.431 e. The van der Waals surface area contributed by atoms with Crippen LogP contribution in [0.1, 0.15) is 23.9 Å². The first-order valence-electron chi connectivity index (χ1n) is 5.55. The fourth-order valence-electron chi connectivity index (χ4n) is 1.63. The molecule has 1 aromatic heterocycles. The Morgan fingerprint density at radius 2 is 1.78 bits per heavy atom. The van der Waals surface area contributed by atoms with E-state index in [1.54, 1.807) is 31.2 Å². The van der Waals surface area contributed by atoms with E-state index in [4.69, 9.17) is 4.42 Å². The molecule has 0 atom stereocenters. The molecule has 0 spiro atoms. The summed E-state index contributed by atoms with van der Waals surface area (Å²) >= 11 is 0. The first-order chi connectivity index (χ1) is 8.41. The Morgan fingerprint density at radius 3 is 2.22 bits per heavy atom. The van der Waals surface area contributed by atoms with Gasteiger partial charge in [-0.3, -0.25) is 0 Å². The van der Waals surface area contributed by atoms with Gasteiger partial charge in [-0.1, -0.05) is 24.6 Å². The highest BCUT2D eigenvalue weighted by Gasteiger charge is 2.39. The average molecular weight is 255 g/mol. The van der Waals surface area contributed by atoms with Crippen LogP contribution in [0.2, 0.25) is 0 Å². The van der Waals surface area contributed by atoms with Crippen LogP contribution in [0.5, 0.6) is 0 Å². The SMILES string of the molecule is CCc1nc(-c2ccc(C)cc2)oc1C(F)(F)F. The highest BCUT2D eigenvalue weighted by Crippen LogP contribution is 2.35. The van der Waals surface area contributed by atoms with E-state index in [2.05, 4.69) is 4.98 Å². The molecule has 0 fully saturated rings. The Bertz CT molecular complexity index is 540. The maximum Gasteiger partial charge on any atom is 0.451 e. The van der Waals surface area contributed by atoms with E-state index in [1.165, 1.54) is 0 Å². The quantitative estimate of drug-likeness (QED) is 0.802. The number of benzene rings is 1. The van der Waals surface area contributed by atoms with Gasteiger partial charge in [-0.2, -0.15) is 13.2 Å². The molecule has 0 saturated heterocycles. The van der Waals surface area contributed by atoms with Crippen molar-refractivity contribution in [1.82, 2.24) is 4.98 Å². The van der Waals surface area contributed by atoms with Crippen LogP contribution in [0.25, 0.3) is 11.5 Å². The number of nitrogens with zero attached hydrogens (tertiary/aromatic N) is 1. The Kier molecular flexibility index (Phi) is 3.15. The van der Waals surface area contributed by atoms with Crippen LogP contribution in [0.4, 0.5) is 13.2 Å². The summed E-state index contributed by atoms with van der Waals surface area (Å²) in [6, 6.07) is 7.00. The van der Waals surface area contributed by atoms with Crippen molar-refractivity contribution in [3.8, 4) is 11.5 Å². The van der Waals surface area contributed by atoms with Gasteiger partial charge in [-0.05, 0) is 25.5 Å². The zero-order chi connectivity index (χ0) is 13.3. The lowest BCUT2D eigenvalue weighted by molar-refractivity contribution is -0.153. The monoisotopic (exact) mass is 255 g/mol. The number of hydrogen-bond donors (Lipinski definition) is 0. The third kappa shape index (κ3) is 2.39. The molecule has 0 unspecified atom stereocenters. The fourth-order valence-corrected chi connectivity index (χ4v) is 1.63. The van der Waals surface area contributed by atoms with Crippen molar-refractivity contribution in [2.45, 2.75) is 26.4 Å². The van der Waals surface area contributed by atoms with Crippen LogP contribution in [-0.4, -0.2) is 4.98 Å². The third-order valence-electron chi connectivity index (χ3n) is 2.59. The first kappa shape index (κ1) is 12.7. The van der Waals surface area contributed by atoms with Crippen LogP contribution < -0.4 is 0 Å². The lowest BCUT2D eigenvalue weighted by Gasteiger charge is -2.02. The molecular formula is C13H12F3NO. The highest BCUT2D eigenvalue weighted by molar-refractivity contribution is 5.54. The lowest BCUT2D eigenvalue weighted by Crippen LogP contribution is -2.06. The predicted molar refractivity (Wildman–Crippen MR) is 61.1 cm³/mol. The maximum absolute atomic E-state index is 12.7. The summed E-state index contributed by atoms with van der Waals surface area (Å²) in [4.78, 5) is 3.91. The Balaban J connectivity index is 2.47. The number of hydrogen-bond acceptors (Lipinski definition) is 2. The largest absolute Gasteiger partial charge is 0.451 e. The second-order valence-corrected chi connectivity index (χ2v) is 4.01. The van der Waals surface area contributed by atoms with Gasteiger partial charge in [0.05, 0.1) is 5.69 Å². The summed E-state index contributed by atoms with van der Waals surface area (Å²) in [5, 5.41) is 0. The van der Waals surface area contributed by atoms with E-state index < -0.39 is 11.9 Å². The van der Waals surface area contributed by atoms with E-state index in [9.17, 15) is 13.2 Å². The molecular weight excluding hydrogens is 243 g/mol. The predicted octanol–water partition coefficient (Wildman–Crippen LogP) is 4.23. The Hall–Kier alpha value is -1.78. The van der Waals surface area contributed by atoms with Crippen molar-refractivity contribution in [3.63, 3.8) is 0 Å². The van der Waals surface area contributed by atoms with Gasteiger partial charge < -0.3 is 4.42 Å². The van der Waals surface area contributed by atoms with E-state index in [-0.39, 0.29) is 18.0 Å². The molecule has 2 rings (SSSR count). The topological polar surface area (TPSA) is 26.0 Å². The van der Waals surface area contributed by atoms with E-state index >= 15 is 0 Å². The van der Waals surface area contributed by atoms with Crippen LogP contribution in [0.3, 0.4) is 0 Å². The van der Waals surface area contributed by atoms with E-state index in [0.717, 1.165) is 5.56 Å². The standard InChI is InChI=1S/C13H12F3NO/c1-3-10-11(13(14,15)16)18-12(17-10)9-6-4-8(2)5-7-9/h4-7H,3H2,1-2H3. The molecule has 0 N–H and O–H groups in total. The number of rotatable bonds is 2. The summed E-state index contributed by atoms with van der Waals surface area (Å²) in [6.45, 7) is 3.52. The molecule has 1 aromatic carbocycles. The van der Waals surface area contributed by atoms with Crippen LogP contribution in [0, 0.1) is 6.92 Å². The van der Waals surface area contributed by atoms with Crippen LogP contribution in [-0.2, 0) is 12.6 Å². The summed E-state index contributed by atoms with van der Waals surface area (Å²) in [6.07, 6.45) is -4.31. The lowest BCUT2D eigenvalue weighted by atomic mass is 10.1. The van der Waals surface area contributed by atoms with Crippen molar-refractivity contribution in [1.29, 1.82) is 0 Å². The molecule has 2 nitrogen and oxygen atoms in total. The number of oxazole rings is 1. The average Bonchev–Trinajstić information content (AvgIpc) is 2.73. The molecule has 0 aliphatic heterocycles. The van der Waals surface area contributed by atoms with Crippen LogP contribution in [0.15, 0.2) is 28.7 Å². The zero-order valence-corrected chi connectivity index (χ0v) is 10.0. The zero-order valence-electron chi connectivity index (χ0n) is 10.0. The van der Waals surface area contributed by atoms with Crippen molar-refractivity contribution >= 4 is 0 Å². The van der Waals surface area contributed by atoms with E-state index in [1.807, 2.05) is 6.92 Å².